The molecule has 0 radical (unpaired) electrons. The predicted molar refractivity (Wildman–Crippen MR) is 91.0 cm³/mol. The van der Waals surface area contributed by atoms with E-state index in [0.29, 0.717) is 0 Å². The molecule has 27 heavy (non-hydrogen) atoms. The Morgan fingerprint density at radius 3 is 2.33 bits per heavy atom. The highest BCUT2D eigenvalue weighted by Crippen LogP contribution is 2.25. The Kier molecular flexibility index (Phi) is 9.97. The molecular formula is C15H31N3O9. The first-order valence-electron chi connectivity index (χ1n) is 8.71. The van der Waals surface area contributed by atoms with E-state index < -0.39 is 74.1 Å². The highest BCUT2D eigenvalue weighted by atomic mass is 16.7. The fourth-order valence-electron chi connectivity index (χ4n) is 2.71. The maximum absolute atomic E-state index is 11.8. The van der Waals surface area contributed by atoms with Gasteiger partial charge in [-0.1, -0.05) is 6.92 Å². The van der Waals surface area contributed by atoms with E-state index in [0.717, 1.165) is 0 Å². The number of carbonyl (C=O) groups excluding carboxylic acids is 1. The minimum Gasteiger partial charge on any atom is -0.394 e. The van der Waals surface area contributed by atoms with Gasteiger partial charge in [0.2, 0.25) is 5.91 Å². The molecule has 0 saturated carbocycles. The first-order chi connectivity index (χ1) is 12.7. The van der Waals surface area contributed by atoms with Crippen LogP contribution in [0.4, 0.5) is 0 Å². The Hall–Kier alpha value is -0.930. The molecule has 1 saturated heterocycles. The van der Waals surface area contributed by atoms with Crippen LogP contribution in [0.3, 0.4) is 0 Å². The van der Waals surface area contributed by atoms with E-state index in [-0.39, 0.29) is 13.0 Å². The number of amides is 1. The van der Waals surface area contributed by atoms with E-state index in [4.69, 9.17) is 26.0 Å². The largest absolute Gasteiger partial charge is 0.394 e. The second-order valence-corrected chi connectivity index (χ2v) is 6.38. The minimum absolute atomic E-state index is 0.0764. The second-order valence-electron chi connectivity index (χ2n) is 6.38. The molecule has 1 aliphatic heterocycles. The van der Waals surface area contributed by atoms with Gasteiger partial charge in [0, 0.05) is 13.0 Å². The third kappa shape index (κ3) is 6.02. The van der Waals surface area contributed by atoms with Crippen molar-refractivity contribution in [1.82, 2.24) is 5.32 Å². The summed E-state index contributed by atoms with van der Waals surface area (Å²) in [6.07, 6.45) is -9.81. The van der Waals surface area contributed by atoms with E-state index in [9.17, 15) is 30.3 Å². The molecule has 11 N–H and O–H groups in total. The molecule has 160 valence electrons. The van der Waals surface area contributed by atoms with Crippen LogP contribution in [0.2, 0.25) is 0 Å². The van der Waals surface area contributed by atoms with Gasteiger partial charge in [-0.3, -0.25) is 4.79 Å². The van der Waals surface area contributed by atoms with Gasteiger partial charge in [0.15, 0.2) is 6.29 Å². The zero-order chi connectivity index (χ0) is 20.7. The summed E-state index contributed by atoms with van der Waals surface area (Å²) in [6, 6.07) is -2.53. The van der Waals surface area contributed by atoms with Crippen LogP contribution in [0.1, 0.15) is 13.3 Å². The number of aliphatic hydroxyl groups excluding tert-OH is 6. The van der Waals surface area contributed by atoms with Crippen LogP contribution in [-0.2, 0) is 14.3 Å². The van der Waals surface area contributed by atoms with Crippen LogP contribution < -0.4 is 16.8 Å². The van der Waals surface area contributed by atoms with Gasteiger partial charge in [-0.2, -0.15) is 0 Å². The Morgan fingerprint density at radius 1 is 1.22 bits per heavy atom. The molecule has 0 aliphatic carbocycles. The maximum Gasteiger partial charge on any atom is 0.220 e. The Balaban J connectivity index is 3.10. The molecule has 1 rings (SSSR count). The number of hydrogen-bond donors (Lipinski definition) is 9. The Bertz CT molecular complexity index is 458. The molecule has 0 bridgehead atoms. The lowest BCUT2D eigenvalue weighted by atomic mass is 9.96. The van der Waals surface area contributed by atoms with Gasteiger partial charge in [0.1, 0.15) is 30.5 Å². The summed E-state index contributed by atoms with van der Waals surface area (Å²) in [5.74, 6) is -0.471. The molecule has 1 amide bonds. The minimum atomic E-state index is -1.55. The molecule has 0 aromatic rings. The molecule has 0 spiro atoms. The molecule has 0 unspecified atom stereocenters. The fourth-order valence-corrected chi connectivity index (χ4v) is 2.71. The van der Waals surface area contributed by atoms with Gasteiger partial charge in [0.25, 0.3) is 0 Å². The standard InChI is InChI=1S/C15H31N3O9/c1-2-9(23)18-11-13(25)12(24)8(5-20)26-15(11)27-14(6(21)3-16)10(17)7(22)4-19/h6-8,10-15,19-22,24-25H,2-5,16-17H2,1H3,(H,18,23)/t6-,7-,8-,10-,11-,12-,13-,14+,15-/m1/s1. The molecule has 9 atom stereocenters. The monoisotopic (exact) mass is 397 g/mol. The summed E-state index contributed by atoms with van der Waals surface area (Å²) in [5, 5.41) is 61.1. The summed E-state index contributed by atoms with van der Waals surface area (Å²) in [5.41, 5.74) is 11.2. The zero-order valence-electron chi connectivity index (χ0n) is 15.1. The number of nitrogens with two attached hydrogens (primary N) is 2. The van der Waals surface area contributed by atoms with Crippen molar-refractivity contribution in [1.29, 1.82) is 0 Å². The van der Waals surface area contributed by atoms with Crippen LogP contribution in [0.5, 0.6) is 0 Å². The Labute approximate surface area is 156 Å². The van der Waals surface area contributed by atoms with Crippen molar-refractivity contribution in [3.05, 3.63) is 0 Å². The van der Waals surface area contributed by atoms with Crippen molar-refractivity contribution in [2.24, 2.45) is 11.5 Å². The summed E-state index contributed by atoms with van der Waals surface area (Å²) in [7, 11) is 0. The highest BCUT2D eigenvalue weighted by molar-refractivity contribution is 5.76. The first kappa shape index (κ1) is 24.1. The predicted octanol–water partition coefficient (Wildman–Crippen LogP) is -5.29. The molecular weight excluding hydrogens is 366 g/mol. The third-order valence-electron chi connectivity index (χ3n) is 4.45. The lowest BCUT2D eigenvalue weighted by Gasteiger charge is -2.44. The van der Waals surface area contributed by atoms with E-state index in [1.54, 1.807) is 6.92 Å². The van der Waals surface area contributed by atoms with Gasteiger partial charge in [-0.05, 0) is 0 Å². The van der Waals surface area contributed by atoms with Crippen molar-refractivity contribution < 1.29 is 44.9 Å². The smallest absolute Gasteiger partial charge is 0.220 e. The highest BCUT2D eigenvalue weighted by Gasteiger charge is 2.47. The summed E-state index contributed by atoms with van der Waals surface area (Å²) >= 11 is 0. The average molecular weight is 397 g/mol. The van der Waals surface area contributed by atoms with Crippen LogP contribution in [0, 0.1) is 0 Å². The van der Waals surface area contributed by atoms with Crippen molar-refractivity contribution in [3.63, 3.8) is 0 Å². The number of nitrogens with one attached hydrogen (secondary N) is 1. The number of rotatable bonds is 10. The fraction of sp³-hybridized carbons (Fsp3) is 0.933. The van der Waals surface area contributed by atoms with Crippen molar-refractivity contribution in [2.45, 2.75) is 68.3 Å². The summed E-state index contributed by atoms with van der Waals surface area (Å²) in [6.45, 7) is -0.0883. The van der Waals surface area contributed by atoms with Crippen molar-refractivity contribution >= 4 is 5.91 Å². The number of aliphatic hydroxyl groups is 6. The normalized spacial score (nSPS) is 33.1. The van der Waals surface area contributed by atoms with Gasteiger partial charge < -0.3 is 56.9 Å². The molecule has 1 fully saturated rings. The molecule has 12 heteroatoms. The van der Waals surface area contributed by atoms with E-state index in [2.05, 4.69) is 5.32 Å². The molecule has 0 aromatic carbocycles. The average Bonchev–Trinajstić information content (AvgIpc) is 2.68. The van der Waals surface area contributed by atoms with Gasteiger partial charge in [-0.25, -0.2) is 0 Å². The van der Waals surface area contributed by atoms with Crippen molar-refractivity contribution in [2.75, 3.05) is 19.8 Å². The lowest BCUT2D eigenvalue weighted by molar-refractivity contribution is -0.292. The molecule has 12 nitrogen and oxygen atoms in total. The number of carbonyl (C=O) groups is 1. The van der Waals surface area contributed by atoms with Gasteiger partial charge in [0.05, 0.1) is 31.5 Å². The topological polar surface area (TPSA) is 221 Å². The molecule has 0 aromatic heterocycles. The lowest BCUT2D eigenvalue weighted by Crippen LogP contribution is -2.67. The van der Waals surface area contributed by atoms with Crippen molar-refractivity contribution in [3.8, 4) is 0 Å². The van der Waals surface area contributed by atoms with E-state index in [1.165, 1.54) is 0 Å². The van der Waals surface area contributed by atoms with Crippen LogP contribution in [0.15, 0.2) is 0 Å². The maximum atomic E-state index is 11.8. The molecule has 1 aliphatic rings. The summed E-state index contributed by atoms with van der Waals surface area (Å²) < 4.78 is 11.0. The number of ether oxygens (including phenoxy) is 2. The second kappa shape index (κ2) is 11.2. The number of hydrogen-bond acceptors (Lipinski definition) is 11. The van der Waals surface area contributed by atoms with Crippen LogP contribution >= 0.6 is 0 Å². The van der Waals surface area contributed by atoms with Gasteiger partial charge in [-0.15, -0.1) is 0 Å². The molecule has 1 heterocycles. The SMILES string of the molecule is CCC(=O)N[C@H]1[C@@H](O[C@H]([C@H](N)[C@H](O)CO)[C@H](O)CN)O[C@H](CO)[C@@H](O)[C@@H]1O. The van der Waals surface area contributed by atoms with Gasteiger partial charge >= 0.3 is 0 Å². The Morgan fingerprint density at radius 2 is 1.85 bits per heavy atom. The van der Waals surface area contributed by atoms with E-state index >= 15 is 0 Å². The zero-order valence-corrected chi connectivity index (χ0v) is 15.1. The van der Waals surface area contributed by atoms with E-state index in [1.807, 2.05) is 0 Å². The van der Waals surface area contributed by atoms with Crippen LogP contribution in [0.25, 0.3) is 0 Å². The third-order valence-corrected chi connectivity index (χ3v) is 4.45. The summed E-state index contributed by atoms with van der Waals surface area (Å²) in [4.78, 5) is 11.8. The quantitative estimate of drug-likeness (QED) is 0.169. The first-order valence-corrected chi connectivity index (χ1v) is 8.71. The van der Waals surface area contributed by atoms with Crippen LogP contribution in [-0.4, -0.2) is 111 Å².